The molecule has 0 saturated heterocycles. The number of benzene rings is 1. The zero-order valence-electron chi connectivity index (χ0n) is 8.97. The summed E-state index contributed by atoms with van der Waals surface area (Å²) >= 11 is 0. The van der Waals surface area contributed by atoms with Crippen LogP contribution in [-0.4, -0.2) is 12.0 Å². The Labute approximate surface area is 92.3 Å². The van der Waals surface area contributed by atoms with Gasteiger partial charge >= 0.3 is 6.18 Å². The minimum Gasteiger partial charge on any atom is -0.299 e. The number of aryl methyl sites for hydroxylation is 1. The molecule has 0 unspecified atom stereocenters. The van der Waals surface area contributed by atoms with Gasteiger partial charge in [0.05, 0.1) is 6.42 Å². The molecule has 0 aliphatic heterocycles. The van der Waals surface area contributed by atoms with Crippen LogP contribution >= 0.6 is 0 Å². The first-order valence-electron chi connectivity index (χ1n) is 5.01. The molecule has 0 aromatic heterocycles. The molecule has 0 atom stereocenters. The Bertz CT molecular complexity index is 369. The van der Waals surface area contributed by atoms with Crippen molar-refractivity contribution in [3.63, 3.8) is 0 Å². The molecule has 0 aliphatic rings. The molecule has 0 fully saturated rings. The molecular weight excluding hydrogens is 217 g/mol. The lowest BCUT2D eigenvalue weighted by Gasteiger charge is -2.06. The van der Waals surface area contributed by atoms with E-state index in [0.717, 1.165) is 11.1 Å². The number of carbonyl (C=O) groups is 1. The van der Waals surface area contributed by atoms with Gasteiger partial charge in [-0.05, 0) is 18.1 Å². The van der Waals surface area contributed by atoms with Crippen molar-refractivity contribution < 1.29 is 18.0 Å². The van der Waals surface area contributed by atoms with E-state index in [1.807, 2.05) is 19.1 Å². The van der Waals surface area contributed by atoms with E-state index in [0.29, 0.717) is 0 Å². The van der Waals surface area contributed by atoms with E-state index in [-0.39, 0.29) is 12.2 Å². The van der Waals surface area contributed by atoms with Crippen LogP contribution in [0.5, 0.6) is 0 Å². The van der Waals surface area contributed by atoms with Gasteiger partial charge in [-0.3, -0.25) is 4.79 Å². The summed E-state index contributed by atoms with van der Waals surface area (Å²) in [5.41, 5.74) is 1.73. The van der Waals surface area contributed by atoms with Gasteiger partial charge in [-0.1, -0.05) is 24.3 Å². The Balaban J connectivity index is 2.50. The van der Waals surface area contributed by atoms with Crippen LogP contribution in [0.4, 0.5) is 13.2 Å². The van der Waals surface area contributed by atoms with Crippen molar-refractivity contribution in [1.82, 2.24) is 0 Å². The highest BCUT2D eigenvalue weighted by atomic mass is 19.4. The standard InChI is InChI=1S/C12H13F3O/c1-9-4-2-3-5-10(9)8-11(16)6-7-12(13,14)15/h2-5H,6-8H2,1H3. The summed E-state index contributed by atoms with van der Waals surface area (Å²) in [5.74, 6) is -0.369. The number of hydrogen-bond acceptors (Lipinski definition) is 1. The monoisotopic (exact) mass is 230 g/mol. The zero-order valence-corrected chi connectivity index (χ0v) is 8.97. The van der Waals surface area contributed by atoms with E-state index in [1.54, 1.807) is 12.1 Å². The largest absolute Gasteiger partial charge is 0.389 e. The fraction of sp³-hybridized carbons (Fsp3) is 0.417. The minimum atomic E-state index is -4.25. The van der Waals surface area contributed by atoms with Gasteiger partial charge in [0.15, 0.2) is 0 Å². The van der Waals surface area contributed by atoms with Crippen LogP contribution in [0.2, 0.25) is 0 Å². The quantitative estimate of drug-likeness (QED) is 0.774. The molecule has 1 aromatic carbocycles. The predicted molar refractivity (Wildman–Crippen MR) is 55.2 cm³/mol. The summed E-state index contributed by atoms with van der Waals surface area (Å²) < 4.78 is 35.6. The van der Waals surface area contributed by atoms with Crippen molar-refractivity contribution in [2.24, 2.45) is 0 Å². The van der Waals surface area contributed by atoms with E-state index in [1.165, 1.54) is 0 Å². The van der Waals surface area contributed by atoms with Gasteiger partial charge in [-0.15, -0.1) is 0 Å². The number of hydrogen-bond donors (Lipinski definition) is 0. The lowest BCUT2D eigenvalue weighted by Crippen LogP contribution is -2.12. The molecule has 16 heavy (non-hydrogen) atoms. The average Bonchev–Trinajstić information content (AvgIpc) is 2.18. The molecule has 0 saturated carbocycles. The van der Waals surface area contributed by atoms with Gasteiger partial charge in [-0.2, -0.15) is 13.2 Å². The van der Waals surface area contributed by atoms with Crippen LogP contribution in [0.3, 0.4) is 0 Å². The first kappa shape index (κ1) is 12.7. The fourth-order valence-corrected chi connectivity index (χ4v) is 1.39. The molecule has 0 heterocycles. The van der Waals surface area contributed by atoms with Gasteiger partial charge in [0.1, 0.15) is 5.78 Å². The van der Waals surface area contributed by atoms with Gasteiger partial charge in [0.25, 0.3) is 0 Å². The molecule has 88 valence electrons. The van der Waals surface area contributed by atoms with E-state index >= 15 is 0 Å². The number of carbonyl (C=O) groups excluding carboxylic acids is 1. The van der Waals surface area contributed by atoms with E-state index in [4.69, 9.17) is 0 Å². The van der Waals surface area contributed by atoms with Crippen LogP contribution in [0.1, 0.15) is 24.0 Å². The second kappa shape index (κ2) is 5.14. The second-order valence-electron chi connectivity index (χ2n) is 3.76. The highest BCUT2D eigenvalue weighted by Crippen LogP contribution is 2.22. The third-order valence-electron chi connectivity index (χ3n) is 2.34. The van der Waals surface area contributed by atoms with Crippen molar-refractivity contribution >= 4 is 5.78 Å². The lowest BCUT2D eigenvalue weighted by molar-refractivity contribution is -0.143. The van der Waals surface area contributed by atoms with Crippen molar-refractivity contribution in [1.29, 1.82) is 0 Å². The van der Waals surface area contributed by atoms with Gasteiger partial charge < -0.3 is 0 Å². The maximum atomic E-state index is 11.9. The topological polar surface area (TPSA) is 17.1 Å². The van der Waals surface area contributed by atoms with E-state index < -0.39 is 19.0 Å². The summed E-state index contributed by atoms with van der Waals surface area (Å²) in [7, 11) is 0. The Hall–Kier alpha value is -1.32. The maximum absolute atomic E-state index is 11.9. The lowest BCUT2D eigenvalue weighted by atomic mass is 10.0. The normalized spacial score (nSPS) is 11.5. The molecule has 0 amide bonds. The van der Waals surface area contributed by atoms with Gasteiger partial charge in [0, 0.05) is 12.8 Å². The first-order chi connectivity index (χ1) is 7.38. The maximum Gasteiger partial charge on any atom is 0.389 e. The predicted octanol–water partition coefficient (Wildman–Crippen LogP) is 3.45. The molecule has 0 aliphatic carbocycles. The van der Waals surface area contributed by atoms with E-state index in [9.17, 15) is 18.0 Å². The van der Waals surface area contributed by atoms with Crippen LogP contribution in [0.25, 0.3) is 0 Å². The van der Waals surface area contributed by atoms with Crippen LogP contribution in [0, 0.1) is 6.92 Å². The summed E-state index contributed by atoms with van der Waals surface area (Å²) in [4.78, 5) is 11.3. The molecule has 1 aromatic rings. The zero-order chi connectivity index (χ0) is 12.2. The summed E-state index contributed by atoms with van der Waals surface area (Å²) in [5, 5.41) is 0. The number of ketones is 1. The molecule has 1 rings (SSSR count). The van der Waals surface area contributed by atoms with Crippen LogP contribution < -0.4 is 0 Å². The second-order valence-corrected chi connectivity index (χ2v) is 3.76. The molecule has 0 spiro atoms. The van der Waals surface area contributed by atoms with Gasteiger partial charge in [-0.25, -0.2) is 0 Å². The molecule has 1 nitrogen and oxygen atoms in total. The number of Topliss-reactive ketones (excluding diaryl/α,β-unsaturated/α-hetero) is 1. The minimum absolute atomic E-state index is 0.0861. The summed E-state index contributed by atoms with van der Waals surface area (Å²) in [6.07, 6.45) is -5.63. The Morgan fingerprint density at radius 2 is 1.88 bits per heavy atom. The third kappa shape index (κ3) is 4.47. The summed E-state index contributed by atoms with van der Waals surface area (Å²) in [6.45, 7) is 1.84. The van der Waals surface area contributed by atoms with Gasteiger partial charge in [0.2, 0.25) is 0 Å². The number of rotatable bonds is 4. The third-order valence-corrected chi connectivity index (χ3v) is 2.34. The Kier molecular flexibility index (Phi) is 4.10. The molecule has 0 bridgehead atoms. The van der Waals surface area contributed by atoms with Crippen molar-refractivity contribution in [2.75, 3.05) is 0 Å². The van der Waals surface area contributed by atoms with Crippen molar-refractivity contribution in [3.05, 3.63) is 35.4 Å². The molecule has 4 heteroatoms. The molecule has 0 radical (unpaired) electrons. The van der Waals surface area contributed by atoms with Crippen LogP contribution in [0.15, 0.2) is 24.3 Å². The average molecular weight is 230 g/mol. The first-order valence-corrected chi connectivity index (χ1v) is 5.01. The number of alkyl halides is 3. The fourth-order valence-electron chi connectivity index (χ4n) is 1.39. The highest BCUT2D eigenvalue weighted by molar-refractivity contribution is 5.81. The smallest absolute Gasteiger partial charge is 0.299 e. The molecule has 0 N–H and O–H groups in total. The highest BCUT2D eigenvalue weighted by Gasteiger charge is 2.27. The number of halogens is 3. The molecular formula is C12H13F3O. The van der Waals surface area contributed by atoms with Crippen LogP contribution in [-0.2, 0) is 11.2 Å². The van der Waals surface area contributed by atoms with Crippen molar-refractivity contribution in [2.45, 2.75) is 32.4 Å². The van der Waals surface area contributed by atoms with E-state index in [2.05, 4.69) is 0 Å². The Morgan fingerprint density at radius 3 is 2.44 bits per heavy atom. The summed E-state index contributed by atoms with van der Waals surface area (Å²) in [6, 6.07) is 7.21. The SMILES string of the molecule is Cc1ccccc1CC(=O)CCC(F)(F)F. The van der Waals surface area contributed by atoms with Crippen molar-refractivity contribution in [3.8, 4) is 0 Å². The Morgan fingerprint density at radius 1 is 1.25 bits per heavy atom.